The van der Waals surface area contributed by atoms with Crippen LogP contribution >= 0.6 is 21.7 Å². The van der Waals surface area contributed by atoms with E-state index in [2.05, 4.69) is 19.6 Å². The molecular formula is C5H13ClSSi. The highest BCUT2D eigenvalue weighted by Crippen LogP contribution is 2.15. The van der Waals surface area contributed by atoms with Crippen LogP contribution in [0.5, 0.6) is 0 Å². The molecule has 0 aromatic carbocycles. The molecule has 0 amide bonds. The van der Waals surface area contributed by atoms with Crippen LogP contribution in [0.15, 0.2) is 0 Å². The van der Waals surface area contributed by atoms with Crippen LogP contribution in [-0.4, -0.2) is 13.8 Å². The van der Waals surface area contributed by atoms with Gasteiger partial charge in [0, 0.05) is 13.8 Å². The summed E-state index contributed by atoms with van der Waals surface area (Å²) in [6.45, 7) is 7.08. The van der Waals surface area contributed by atoms with Crippen LogP contribution in [0, 0.1) is 0 Å². The Labute approximate surface area is 61.5 Å². The van der Waals surface area contributed by atoms with Crippen molar-refractivity contribution in [2.75, 3.05) is 5.75 Å². The molecule has 0 bridgehead atoms. The van der Waals surface area contributed by atoms with E-state index in [4.69, 9.17) is 10.7 Å². The fourth-order valence-corrected chi connectivity index (χ4v) is 3.80. The molecule has 0 radical (unpaired) electrons. The Morgan fingerprint density at radius 3 is 2.00 bits per heavy atom. The molecule has 0 unspecified atom stereocenters. The van der Waals surface area contributed by atoms with Gasteiger partial charge in [0.15, 0.2) is 0 Å². The Hall–Kier alpha value is 0.857. The summed E-state index contributed by atoms with van der Waals surface area (Å²) >= 11 is 0. The average molecular weight is 169 g/mol. The molecule has 0 fully saturated rings. The Balaban J connectivity index is 3.11. The molecule has 0 spiro atoms. The van der Waals surface area contributed by atoms with Crippen LogP contribution < -0.4 is 0 Å². The summed E-state index contributed by atoms with van der Waals surface area (Å²) in [6.07, 6.45) is 0. The molecule has 8 heavy (non-hydrogen) atoms. The number of hydrogen-bond acceptors (Lipinski definition) is 1. The van der Waals surface area contributed by atoms with Crippen LogP contribution in [0.2, 0.25) is 25.7 Å². The number of rotatable bonds is 3. The predicted molar refractivity (Wildman–Crippen MR) is 46.5 cm³/mol. The molecule has 0 aromatic rings. The van der Waals surface area contributed by atoms with E-state index in [1.54, 1.807) is 0 Å². The fourth-order valence-electron chi connectivity index (χ4n) is 0.345. The normalized spacial score (nSPS) is 12.0. The van der Waals surface area contributed by atoms with Gasteiger partial charge in [0.25, 0.3) is 0 Å². The summed E-state index contributed by atoms with van der Waals surface area (Å²) < 4.78 is 0. The van der Waals surface area contributed by atoms with Gasteiger partial charge in [-0.1, -0.05) is 30.6 Å². The predicted octanol–water partition coefficient (Wildman–Crippen LogP) is 3.21. The van der Waals surface area contributed by atoms with Gasteiger partial charge in [-0.15, -0.1) is 0 Å². The summed E-state index contributed by atoms with van der Waals surface area (Å²) in [5.74, 6) is 1.12. The minimum absolute atomic E-state index is 0.783. The monoisotopic (exact) mass is 168 g/mol. The summed E-state index contributed by atoms with van der Waals surface area (Å²) in [7, 11) is 6.10. The molecule has 0 rings (SSSR count). The highest BCUT2D eigenvalue weighted by molar-refractivity contribution is 8.21. The minimum atomic E-state index is -0.783. The highest BCUT2D eigenvalue weighted by Gasteiger charge is 2.10. The van der Waals surface area contributed by atoms with Crippen molar-refractivity contribution in [3.8, 4) is 0 Å². The molecule has 0 heterocycles. The SMILES string of the molecule is C[Si](C)(C)CCSCl. The van der Waals surface area contributed by atoms with Crippen molar-refractivity contribution < 1.29 is 0 Å². The van der Waals surface area contributed by atoms with E-state index < -0.39 is 8.07 Å². The first-order chi connectivity index (χ1) is 3.56. The average Bonchev–Trinajstić information content (AvgIpc) is 1.59. The quantitative estimate of drug-likeness (QED) is 0.584. The summed E-state index contributed by atoms with van der Waals surface area (Å²) in [4.78, 5) is 0. The van der Waals surface area contributed by atoms with Gasteiger partial charge < -0.3 is 0 Å². The fraction of sp³-hybridized carbons (Fsp3) is 1.00. The van der Waals surface area contributed by atoms with Crippen molar-refractivity contribution in [1.29, 1.82) is 0 Å². The maximum Gasteiger partial charge on any atom is 0.0451 e. The second-order valence-corrected chi connectivity index (χ2v) is 10.0. The molecule has 3 heteroatoms. The topological polar surface area (TPSA) is 0 Å². The first-order valence-corrected chi connectivity index (χ1v) is 8.32. The largest absolute Gasteiger partial charge is 0.0695 e. The number of hydrogen-bond donors (Lipinski definition) is 0. The van der Waals surface area contributed by atoms with Crippen LogP contribution in [-0.2, 0) is 0 Å². The summed E-state index contributed by atoms with van der Waals surface area (Å²) in [6, 6.07) is 1.33. The van der Waals surface area contributed by atoms with Gasteiger partial charge in [0.1, 0.15) is 0 Å². The maximum atomic E-state index is 5.45. The molecule has 0 saturated heterocycles. The van der Waals surface area contributed by atoms with Crippen LogP contribution in [0.1, 0.15) is 0 Å². The Morgan fingerprint density at radius 1 is 1.38 bits per heavy atom. The van der Waals surface area contributed by atoms with E-state index in [1.807, 2.05) is 0 Å². The first kappa shape index (κ1) is 8.86. The van der Waals surface area contributed by atoms with Gasteiger partial charge in [-0.2, -0.15) is 0 Å². The van der Waals surface area contributed by atoms with Crippen LogP contribution in [0.25, 0.3) is 0 Å². The van der Waals surface area contributed by atoms with E-state index in [0.29, 0.717) is 0 Å². The van der Waals surface area contributed by atoms with Gasteiger partial charge in [0.05, 0.1) is 0 Å². The van der Waals surface area contributed by atoms with Gasteiger partial charge in [-0.3, -0.25) is 0 Å². The Kier molecular flexibility index (Phi) is 4.21. The number of halogens is 1. The summed E-state index contributed by atoms with van der Waals surface area (Å²) in [5.41, 5.74) is 0. The van der Waals surface area contributed by atoms with E-state index in [0.717, 1.165) is 5.75 Å². The van der Waals surface area contributed by atoms with Crippen molar-refractivity contribution in [2.24, 2.45) is 0 Å². The van der Waals surface area contributed by atoms with Crippen LogP contribution in [0.4, 0.5) is 0 Å². The third-order valence-electron chi connectivity index (χ3n) is 0.929. The van der Waals surface area contributed by atoms with E-state index in [-0.39, 0.29) is 0 Å². The molecule has 50 valence electrons. The lowest BCUT2D eigenvalue weighted by atomic mass is 11.0. The second kappa shape index (κ2) is 3.80. The van der Waals surface area contributed by atoms with E-state index >= 15 is 0 Å². The molecule has 0 atom stereocenters. The molecule has 0 aromatic heterocycles. The zero-order valence-electron chi connectivity index (χ0n) is 5.70. The molecule has 0 aliphatic rings. The molecular weight excluding hydrogens is 156 g/mol. The van der Waals surface area contributed by atoms with Crippen molar-refractivity contribution in [2.45, 2.75) is 25.7 Å². The Morgan fingerprint density at radius 2 is 1.88 bits per heavy atom. The van der Waals surface area contributed by atoms with Crippen molar-refractivity contribution in [3.63, 3.8) is 0 Å². The van der Waals surface area contributed by atoms with Crippen molar-refractivity contribution in [1.82, 2.24) is 0 Å². The maximum absolute atomic E-state index is 5.45. The summed E-state index contributed by atoms with van der Waals surface area (Å²) in [5, 5.41) is 0. The lowest BCUT2D eigenvalue weighted by Crippen LogP contribution is -2.19. The second-order valence-electron chi connectivity index (χ2n) is 3.12. The lowest BCUT2D eigenvalue weighted by Gasteiger charge is -2.12. The third kappa shape index (κ3) is 6.86. The zero-order chi connectivity index (χ0) is 6.62. The van der Waals surface area contributed by atoms with Crippen LogP contribution in [0.3, 0.4) is 0 Å². The third-order valence-corrected chi connectivity index (χ3v) is 3.86. The minimum Gasteiger partial charge on any atom is -0.0695 e. The van der Waals surface area contributed by atoms with E-state index in [1.165, 1.54) is 17.0 Å². The molecule has 0 nitrogen and oxygen atoms in total. The van der Waals surface area contributed by atoms with Gasteiger partial charge in [-0.25, -0.2) is 0 Å². The van der Waals surface area contributed by atoms with Gasteiger partial charge >= 0.3 is 0 Å². The van der Waals surface area contributed by atoms with Crippen molar-refractivity contribution in [3.05, 3.63) is 0 Å². The highest BCUT2D eigenvalue weighted by atomic mass is 35.7. The molecule has 0 aliphatic carbocycles. The first-order valence-electron chi connectivity index (χ1n) is 2.80. The smallest absolute Gasteiger partial charge is 0.0451 e. The molecule has 0 aliphatic heterocycles. The van der Waals surface area contributed by atoms with Gasteiger partial charge in [-0.05, 0) is 16.7 Å². The van der Waals surface area contributed by atoms with Gasteiger partial charge in [0.2, 0.25) is 0 Å². The van der Waals surface area contributed by atoms with E-state index in [9.17, 15) is 0 Å². The standard InChI is InChI=1S/C5H13ClSSi/c1-8(2,3)5-4-7-6/h4-5H2,1-3H3. The molecule has 0 N–H and O–H groups in total. The lowest BCUT2D eigenvalue weighted by molar-refractivity contribution is 1.38. The molecule has 0 saturated carbocycles. The Bertz CT molecular complexity index is 59.9. The zero-order valence-corrected chi connectivity index (χ0v) is 8.27. The van der Waals surface area contributed by atoms with Crippen molar-refractivity contribution >= 4 is 29.7 Å².